The number of pyridine rings is 1. The summed E-state index contributed by atoms with van der Waals surface area (Å²) >= 11 is 0. The number of hydrogen-bond acceptors (Lipinski definition) is 2. The third-order valence-corrected chi connectivity index (χ3v) is 3.43. The molecule has 1 heterocycles. The van der Waals surface area contributed by atoms with Gasteiger partial charge in [-0.05, 0) is 30.4 Å². The van der Waals surface area contributed by atoms with Crippen LogP contribution < -0.4 is 5.32 Å². The molecule has 0 saturated carbocycles. The van der Waals surface area contributed by atoms with E-state index >= 15 is 0 Å². The monoisotopic (exact) mass is 256 g/mol. The minimum absolute atomic E-state index is 0.113. The molecule has 0 aliphatic carbocycles. The first-order valence-electron chi connectivity index (χ1n) is 7.14. The lowest BCUT2D eigenvalue weighted by Crippen LogP contribution is -2.13. The number of anilines is 1. The third kappa shape index (κ3) is 2.73. The summed E-state index contributed by atoms with van der Waals surface area (Å²) in [6.45, 7) is 12.0. The normalized spacial score (nSPS) is 11.8. The largest absolute Gasteiger partial charge is 0.385 e. The zero-order valence-electron chi connectivity index (χ0n) is 12.7. The number of benzene rings is 1. The predicted octanol–water partition coefficient (Wildman–Crippen LogP) is 4.53. The number of hydrogen-bond donors (Lipinski definition) is 1. The molecule has 0 unspecified atom stereocenters. The quantitative estimate of drug-likeness (QED) is 0.873. The van der Waals surface area contributed by atoms with Gasteiger partial charge >= 0.3 is 0 Å². The van der Waals surface area contributed by atoms with Crippen LogP contribution in [0.3, 0.4) is 0 Å². The first-order chi connectivity index (χ1) is 8.97. The molecule has 2 nitrogen and oxygen atoms in total. The maximum absolute atomic E-state index is 4.86. The number of rotatable bonds is 3. The molecule has 0 radical (unpaired) electrons. The number of para-hydroxylation sites is 1. The number of fused-ring (bicyclic) bond motifs is 1. The van der Waals surface area contributed by atoms with Crippen molar-refractivity contribution < 1.29 is 0 Å². The van der Waals surface area contributed by atoms with Crippen LogP contribution in [0.2, 0.25) is 0 Å². The van der Waals surface area contributed by atoms with E-state index in [1.807, 2.05) is 0 Å². The lowest BCUT2D eigenvalue weighted by molar-refractivity contribution is 0.594. The van der Waals surface area contributed by atoms with Crippen LogP contribution in [0.4, 0.5) is 5.69 Å². The van der Waals surface area contributed by atoms with Gasteiger partial charge < -0.3 is 5.32 Å². The summed E-state index contributed by atoms with van der Waals surface area (Å²) in [5.74, 6) is 0. The Hall–Kier alpha value is -1.57. The SMILES string of the molecule is CCNc1cc(CC)nc2c(C(C)(C)C)cccc12. The smallest absolute Gasteiger partial charge is 0.0763 e. The molecule has 19 heavy (non-hydrogen) atoms. The lowest BCUT2D eigenvalue weighted by atomic mass is 9.85. The zero-order chi connectivity index (χ0) is 14.0. The molecule has 0 aliphatic rings. The topological polar surface area (TPSA) is 24.9 Å². The van der Waals surface area contributed by atoms with Crippen LogP contribution >= 0.6 is 0 Å². The Morgan fingerprint density at radius 2 is 1.89 bits per heavy atom. The summed E-state index contributed by atoms with van der Waals surface area (Å²) in [5, 5.41) is 4.69. The van der Waals surface area contributed by atoms with Gasteiger partial charge in [-0.2, -0.15) is 0 Å². The summed E-state index contributed by atoms with van der Waals surface area (Å²) in [7, 11) is 0. The highest BCUT2D eigenvalue weighted by Gasteiger charge is 2.18. The van der Waals surface area contributed by atoms with Gasteiger partial charge in [-0.15, -0.1) is 0 Å². The third-order valence-electron chi connectivity index (χ3n) is 3.43. The Morgan fingerprint density at radius 1 is 1.16 bits per heavy atom. The van der Waals surface area contributed by atoms with Gasteiger partial charge in [0.15, 0.2) is 0 Å². The molecule has 0 amide bonds. The summed E-state index contributed by atoms with van der Waals surface area (Å²) in [4.78, 5) is 4.86. The fraction of sp³-hybridized carbons (Fsp3) is 0.471. The van der Waals surface area contributed by atoms with Crippen molar-refractivity contribution in [3.05, 3.63) is 35.5 Å². The van der Waals surface area contributed by atoms with Crippen molar-refractivity contribution >= 4 is 16.6 Å². The van der Waals surface area contributed by atoms with E-state index < -0.39 is 0 Å². The molecule has 102 valence electrons. The van der Waals surface area contributed by atoms with E-state index in [4.69, 9.17) is 4.98 Å². The molecule has 0 spiro atoms. The van der Waals surface area contributed by atoms with Crippen LogP contribution in [0.15, 0.2) is 24.3 Å². The van der Waals surface area contributed by atoms with Crippen LogP contribution in [-0.4, -0.2) is 11.5 Å². The molecule has 2 rings (SSSR count). The number of aryl methyl sites for hydroxylation is 1. The minimum Gasteiger partial charge on any atom is -0.385 e. The van der Waals surface area contributed by atoms with Crippen LogP contribution in [0, 0.1) is 0 Å². The van der Waals surface area contributed by atoms with Crippen LogP contribution in [0.1, 0.15) is 45.9 Å². The molecule has 0 aliphatic heterocycles. The molecule has 0 bridgehead atoms. The van der Waals surface area contributed by atoms with Gasteiger partial charge in [-0.25, -0.2) is 0 Å². The van der Waals surface area contributed by atoms with E-state index in [1.54, 1.807) is 0 Å². The number of nitrogens with one attached hydrogen (secondary N) is 1. The van der Waals surface area contributed by atoms with E-state index in [2.05, 4.69) is 64.2 Å². The van der Waals surface area contributed by atoms with Crippen LogP contribution in [0.5, 0.6) is 0 Å². The minimum atomic E-state index is 0.113. The Kier molecular flexibility index (Phi) is 3.79. The van der Waals surface area contributed by atoms with E-state index in [0.717, 1.165) is 24.2 Å². The van der Waals surface area contributed by atoms with Crippen LogP contribution in [-0.2, 0) is 11.8 Å². The highest BCUT2D eigenvalue weighted by molar-refractivity contribution is 5.94. The molecule has 0 atom stereocenters. The fourth-order valence-corrected chi connectivity index (χ4v) is 2.42. The van der Waals surface area contributed by atoms with Crippen molar-refractivity contribution in [2.45, 2.75) is 46.5 Å². The first-order valence-corrected chi connectivity index (χ1v) is 7.14. The van der Waals surface area contributed by atoms with Gasteiger partial charge in [0.2, 0.25) is 0 Å². The van der Waals surface area contributed by atoms with E-state index in [0.29, 0.717) is 0 Å². The summed E-state index contributed by atoms with van der Waals surface area (Å²) in [6.07, 6.45) is 0.965. The number of nitrogens with zero attached hydrogens (tertiary/aromatic N) is 1. The Bertz CT molecular complexity index is 580. The van der Waals surface area contributed by atoms with Gasteiger partial charge in [0.25, 0.3) is 0 Å². The number of aromatic nitrogens is 1. The second-order valence-corrected chi connectivity index (χ2v) is 6.00. The van der Waals surface area contributed by atoms with Crippen molar-refractivity contribution in [3.8, 4) is 0 Å². The maximum atomic E-state index is 4.86. The Morgan fingerprint density at radius 3 is 2.47 bits per heavy atom. The van der Waals surface area contributed by atoms with Crippen molar-refractivity contribution in [2.75, 3.05) is 11.9 Å². The molecule has 2 heteroatoms. The zero-order valence-corrected chi connectivity index (χ0v) is 12.7. The van der Waals surface area contributed by atoms with Crippen molar-refractivity contribution in [1.29, 1.82) is 0 Å². The second-order valence-electron chi connectivity index (χ2n) is 6.00. The molecular weight excluding hydrogens is 232 g/mol. The van der Waals surface area contributed by atoms with Crippen LogP contribution in [0.25, 0.3) is 10.9 Å². The van der Waals surface area contributed by atoms with Crippen molar-refractivity contribution in [2.24, 2.45) is 0 Å². The fourth-order valence-electron chi connectivity index (χ4n) is 2.42. The highest BCUT2D eigenvalue weighted by atomic mass is 14.9. The molecule has 1 aromatic carbocycles. The highest BCUT2D eigenvalue weighted by Crippen LogP contribution is 2.32. The summed E-state index contributed by atoms with van der Waals surface area (Å²) in [5.41, 5.74) is 4.93. The average molecular weight is 256 g/mol. The summed E-state index contributed by atoms with van der Waals surface area (Å²) < 4.78 is 0. The van der Waals surface area contributed by atoms with Gasteiger partial charge in [0.1, 0.15) is 0 Å². The Balaban J connectivity index is 2.77. The molecule has 1 N–H and O–H groups in total. The van der Waals surface area contributed by atoms with Crippen molar-refractivity contribution in [3.63, 3.8) is 0 Å². The molecular formula is C17H24N2. The first kappa shape index (κ1) is 13.9. The molecule has 1 aromatic heterocycles. The van der Waals surface area contributed by atoms with E-state index in [1.165, 1.54) is 16.6 Å². The van der Waals surface area contributed by atoms with Gasteiger partial charge in [-0.3, -0.25) is 4.98 Å². The van der Waals surface area contributed by atoms with Gasteiger partial charge in [0.05, 0.1) is 5.52 Å². The van der Waals surface area contributed by atoms with Crippen molar-refractivity contribution in [1.82, 2.24) is 4.98 Å². The molecule has 2 aromatic rings. The standard InChI is InChI=1S/C17H24N2/c1-6-12-11-15(18-7-2)13-9-8-10-14(16(13)19-12)17(3,4)5/h8-11H,6-7H2,1-5H3,(H,18,19). The molecule has 0 fully saturated rings. The second kappa shape index (κ2) is 5.20. The van der Waals surface area contributed by atoms with Gasteiger partial charge in [-0.1, -0.05) is 45.9 Å². The lowest BCUT2D eigenvalue weighted by Gasteiger charge is -2.22. The maximum Gasteiger partial charge on any atom is 0.0763 e. The average Bonchev–Trinajstić information content (AvgIpc) is 2.37. The van der Waals surface area contributed by atoms with E-state index in [9.17, 15) is 0 Å². The summed E-state index contributed by atoms with van der Waals surface area (Å²) in [6, 6.07) is 8.68. The molecule has 0 saturated heterocycles. The Labute approximate surface area is 116 Å². The predicted molar refractivity (Wildman–Crippen MR) is 84.0 cm³/mol. The van der Waals surface area contributed by atoms with E-state index in [-0.39, 0.29) is 5.41 Å². The van der Waals surface area contributed by atoms with Gasteiger partial charge in [0, 0.05) is 23.3 Å².